The smallest absolute Gasteiger partial charge is 0.243 e. The van der Waals surface area contributed by atoms with Crippen molar-refractivity contribution in [3.8, 4) is 5.75 Å². The summed E-state index contributed by atoms with van der Waals surface area (Å²) < 4.78 is 5.59. The van der Waals surface area contributed by atoms with E-state index in [0.717, 1.165) is 31.4 Å². The fourth-order valence-corrected chi connectivity index (χ4v) is 1.62. The van der Waals surface area contributed by atoms with E-state index in [0.29, 0.717) is 13.0 Å². The average molecular weight is 251 g/mol. The fourth-order valence-electron chi connectivity index (χ4n) is 1.62. The summed E-state index contributed by atoms with van der Waals surface area (Å²) in [5.74, 6) is 0.589. The van der Waals surface area contributed by atoms with Gasteiger partial charge in [0.2, 0.25) is 5.91 Å². The van der Waals surface area contributed by atoms with Crippen molar-refractivity contribution in [1.82, 2.24) is 5.48 Å². The molecule has 0 radical (unpaired) electrons. The van der Waals surface area contributed by atoms with Crippen LogP contribution in [0, 0.1) is 6.92 Å². The van der Waals surface area contributed by atoms with Crippen molar-refractivity contribution >= 4 is 5.91 Å². The molecule has 100 valence electrons. The Morgan fingerprint density at radius 3 is 2.50 bits per heavy atom. The molecule has 0 saturated carbocycles. The van der Waals surface area contributed by atoms with Gasteiger partial charge in [0.05, 0.1) is 6.61 Å². The molecule has 0 unspecified atom stereocenters. The standard InChI is InChI=1S/C14H21NO3/c1-12-7-9-13(10-8-12)18-11-5-3-2-4-6-14(16)15-17/h7-10,17H,2-6,11H2,1H3,(H,15,16). The molecular weight excluding hydrogens is 230 g/mol. The third-order valence-corrected chi connectivity index (χ3v) is 2.71. The highest BCUT2D eigenvalue weighted by Crippen LogP contribution is 2.12. The highest BCUT2D eigenvalue weighted by Gasteiger charge is 1.98. The number of amides is 1. The molecule has 18 heavy (non-hydrogen) atoms. The second-order valence-corrected chi connectivity index (χ2v) is 4.36. The number of ether oxygens (including phenoxy) is 1. The molecule has 0 spiro atoms. The Labute approximate surface area is 108 Å². The Morgan fingerprint density at radius 1 is 1.17 bits per heavy atom. The minimum absolute atomic E-state index is 0.314. The lowest BCUT2D eigenvalue weighted by Crippen LogP contribution is -2.17. The third kappa shape index (κ3) is 6.25. The van der Waals surface area contributed by atoms with Crippen LogP contribution in [0.5, 0.6) is 5.75 Å². The van der Waals surface area contributed by atoms with Gasteiger partial charge in [-0.3, -0.25) is 10.0 Å². The first-order valence-electron chi connectivity index (χ1n) is 6.35. The van der Waals surface area contributed by atoms with Crippen molar-refractivity contribution in [1.29, 1.82) is 0 Å². The van der Waals surface area contributed by atoms with Gasteiger partial charge in [0.1, 0.15) is 5.75 Å². The summed E-state index contributed by atoms with van der Waals surface area (Å²) in [4.78, 5) is 10.7. The van der Waals surface area contributed by atoms with Crippen molar-refractivity contribution in [2.24, 2.45) is 0 Å². The van der Waals surface area contributed by atoms with Gasteiger partial charge in [-0.25, -0.2) is 5.48 Å². The molecule has 0 aliphatic heterocycles. The second-order valence-electron chi connectivity index (χ2n) is 4.36. The number of carbonyl (C=O) groups excluding carboxylic acids is 1. The van der Waals surface area contributed by atoms with Gasteiger partial charge in [-0.05, 0) is 31.9 Å². The summed E-state index contributed by atoms with van der Waals surface area (Å²) in [5, 5.41) is 8.30. The van der Waals surface area contributed by atoms with Crippen LogP contribution in [0.4, 0.5) is 0 Å². The van der Waals surface area contributed by atoms with Crippen molar-refractivity contribution in [2.75, 3.05) is 6.61 Å². The molecule has 0 saturated heterocycles. The largest absolute Gasteiger partial charge is 0.494 e. The number of hydroxylamine groups is 1. The summed E-state index contributed by atoms with van der Waals surface area (Å²) in [7, 11) is 0. The van der Waals surface area contributed by atoms with Gasteiger partial charge in [0, 0.05) is 6.42 Å². The number of hydrogen-bond acceptors (Lipinski definition) is 3. The lowest BCUT2D eigenvalue weighted by atomic mass is 10.1. The zero-order valence-corrected chi connectivity index (χ0v) is 10.8. The van der Waals surface area contributed by atoms with Gasteiger partial charge >= 0.3 is 0 Å². The van der Waals surface area contributed by atoms with Gasteiger partial charge in [0.25, 0.3) is 0 Å². The molecule has 0 heterocycles. The third-order valence-electron chi connectivity index (χ3n) is 2.71. The van der Waals surface area contributed by atoms with Crippen LogP contribution >= 0.6 is 0 Å². The summed E-state index contributed by atoms with van der Waals surface area (Å²) in [6.45, 7) is 2.75. The van der Waals surface area contributed by atoms with E-state index in [1.807, 2.05) is 31.2 Å². The minimum Gasteiger partial charge on any atom is -0.494 e. The predicted molar refractivity (Wildman–Crippen MR) is 69.7 cm³/mol. The zero-order valence-electron chi connectivity index (χ0n) is 10.8. The van der Waals surface area contributed by atoms with Crippen LogP contribution in [0.25, 0.3) is 0 Å². The van der Waals surface area contributed by atoms with Crippen molar-refractivity contribution in [3.63, 3.8) is 0 Å². The summed E-state index contributed by atoms with van der Waals surface area (Å²) in [6.07, 6.45) is 4.18. The van der Waals surface area contributed by atoms with Crippen molar-refractivity contribution in [2.45, 2.75) is 39.0 Å². The SMILES string of the molecule is Cc1ccc(OCCCCCCC(=O)NO)cc1. The average Bonchev–Trinajstić information content (AvgIpc) is 2.39. The Balaban J connectivity index is 1.99. The molecular formula is C14H21NO3. The van der Waals surface area contributed by atoms with Crippen molar-refractivity contribution < 1.29 is 14.7 Å². The van der Waals surface area contributed by atoms with Gasteiger partial charge in [-0.1, -0.05) is 30.5 Å². The quantitative estimate of drug-likeness (QED) is 0.424. The highest BCUT2D eigenvalue weighted by atomic mass is 16.5. The van der Waals surface area contributed by atoms with Crippen LogP contribution in [-0.2, 0) is 4.79 Å². The molecule has 0 atom stereocenters. The minimum atomic E-state index is -0.314. The van der Waals surface area contributed by atoms with Crippen LogP contribution in [-0.4, -0.2) is 17.7 Å². The van der Waals surface area contributed by atoms with Gasteiger partial charge < -0.3 is 4.74 Å². The van der Waals surface area contributed by atoms with E-state index in [-0.39, 0.29) is 5.91 Å². The molecule has 1 aromatic rings. The zero-order chi connectivity index (χ0) is 13.2. The summed E-state index contributed by atoms with van der Waals surface area (Å²) in [6, 6.07) is 8.01. The maximum absolute atomic E-state index is 10.7. The number of aryl methyl sites for hydroxylation is 1. The molecule has 0 aromatic heterocycles. The predicted octanol–water partition coefficient (Wildman–Crippen LogP) is 2.83. The summed E-state index contributed by atoms with van der Waals surface area (Å²) >= 11 is 0. The first kappa shape index (κ1) is 14.5. The van der Waals surface area contributed by atoms with E-state index in [1.54, 1.807) is 5.48 Å². The van der Waals surface area contributed by atoms with Gasteiger partial charge in [-0.15, -0.1) is 0 Å². The van der Waals surface area contributed by atoms with Gasteiger partial charge in [-0.2, -0.15) is 0 Å². The molecule has 2 N–H and O–H groups in total. The normalized spacial score (nSPS) is 10.1. The maximum Gasteiger partial charge on any atom is 0.243 e. The number of nitrogens with one attached hydrogen (secondary N) is 1. The van der Waals surface area contributed by atoms with E-state index >= 15 is 0 Å². The van der Waals surface area contributed by atoms with E-state index in [4.69, 9.17) is 9.94 Å². The number of carbonyl (C=O) groups is 1. The molecule has 0 fully saturated rings. The van der Waals surface area contributed by atoms with Crippen molar-refractivity contribution in [3.05, 3.63) is 29.8 Å². The monoisotopic (exact) mass is 251 g/mol. The number of benzene rings is 1. The second kappa shape index (κ2) is 8.53. The summed E-state index contributed by atoms with van der Waals surface area (Å²) in [5.41, 5.74) is 2.86. The molecule has 0 bridgehead atoms. The first-order chi connectivity index (χ1) is 8.72. The van der Waals surface area contributed by atoms with Gasteiger partial charge in [0.15, 0.2) is 0 Å². The maximum atomic E-state index is 10.7. The van der Waals surface area contributed by atoms with Crippen LogP contribution in [0.2, 0.25) is 0 Å². The molecule has 1 rings (SSSR count). The Bertz CT molecular complexity index is 349. The first-order valence-corrected chi connectivity index (χ1v) is 6.35. The molecule has 4 nitrogen and oxygen atoms in total. The molecule has 4 heteroatoms. The lowest BCUT2D eigenvalue weighted by Gasteiger charge is -2.06. The lowest BCUT2D eigenvalue weighted by molar-refractivity contribution is -0.129. The topological polar surface area (TPSA) is 58.6 Å². The Hall–Kier alpha value is -1.55. The Morgan fingerprint density at radius 2 is 1.83 bits per heavy atom. The van der Waals surface area contributed by atoms with E-state index in [2.05, 4.69) is 0 Å². The van der Waals surface area contributed by atoms with E-state index < -0.39 is 0 Å². The van der Waals surface area contributed by atoms with Crippen LogP contribution < -0.4 is 10.2 Å². The van der Waals surface area contributed by atoms with Crippen LogP contribution in [0.1, 0.15) is 37.7 Å². The van der Waals surface area contributed by atoms with Crippen LogP contribution in [0.15, 0.2) is 24.3 Å². The number of rotatable bonds is 8. The van der Waals surface area contributed by atoms with E-state index in [9.17, 15) is 4.79 Å². The highest BCUT2D eigenvalue weighted by molar-refractivity contribution is 5.74. The molecule has 0 aliphatic rings. The Kier molecular flexibility index (Phi) is 6.87. The molecule has 1 amide bonds. The van der Waals surface area contributed by atoms with Crippen LogP contribution in [0.3, 0.4) is 0 Å². The fraction of sp³-hybridized carbons (Fsp3) is 0.500. The van der Waals surface area contributed by atoms with E-state index in [1.165, 1.54) is 5.56 Å². The number of hydrogen-bond donors (Lipinski definition) is 2. The molecule has 1 aromatic carbocycles. The number of unbranched alkanes of at least 4 members (excludes halogenated alkanes) is 3. The molecule has 0 aliphatic carbocycles.